The summed E-state index contributed by atoms with van der Waals surface area (Å²) in [7, 11) is 0. The monoisotopic (exact) mass is 488 g/mol. The quantitative estimate of drug-likeness (QED) is 0.424. The molecule has 158 valence electrons. The Kier molecular flexibility index (Phi) is 8.33. The van der Waals surface area contributed by atoms with Gasteiger partial charge in [-0.15, -0.1) is 0 Å². The van der Waals surface area contributed by atoms with Crippen LogP contribution in [0.4, 0.5) is 0 Å². The predicted molar refractivity (Wildman–Crippen MR) is 126 cm³/mol. The van der Waals surface area contributed by atoms with Crippen molar-refractivity contribution in [2.24, 2.45) is 0 Å². The molecule has 0 bridgehead atoms. The Balaban J connectivity index is 1.53. The van der Waals surface area contributed by atoms with E-state index in [0.29, 0.717) is 23.0 Å². The number of aromatic nitrogens is 2. The lowest BCUT2D eigenvalue weighted by molar-refractivity contribution is -0.123. The minimum Gasteiger partial charge on any atom is -0.354 e. The van der Waals surface area contributed by atoms with E-state index in [-0.39, 0.29) is 11.8 Å². The fourth-order valence-corrected chi connectivity index (χ4v) is 4.09. The second-order valence-corrected chi connectivity index (χ2v) is 8.70. The van der Waals surface area contributed by atoms with E-state index in [1.807, 2.05) is 49.0 Å². The molecule has 3 aromatic rings. The number of hydrogen-bond donors (Lipinski definition) is 2. The van der Waals surface area contributed by atoms with Crippen LogP contribution in [0.3, 0.4) is 0 Å². The third kappa shape index (κ3) is 5.86. The van der Waals surface area contributed by atoms with Gasteiger partial charge in [-0.1, -0.05) is 24.3 Å². The molecule has 0 spiro atoms. The van der Waals surface area contributed by atoms with Gasteiger partial charge in [0.05, 0.1) is 22.9 Å². The second-order valence-electron chi connectivity index (χ2n) is 6.86. The Morgan fingerprint density at radius 2 is 1.93 bits per heavy atom. The maximum atomic E-state index is 12.7. The summed E-state index contributed by atoms with van der Waals surface area (Å²) in [6.45, 7) is 1.30. The van der Waals surface area contributed by atoms with Crippen molar-refractivity contribution in [3.05, 3.63) is 64.9 Å². The summed E-state index contributed by atoms with van der Waals surface area (Å²) in [6, 6.07) is 14.6. The highest BCUT2D eigenvalue weighted by atomic mass is 79.9. The third-order valence-electron chi connectivity index (χ3n) is 4.75. The van der Waals surface area contributed by atoms with Gasteiger partial charge >= 0.3 is 0 Å². The van der Waals surface area contributed by atoms with Gasteiger partial charge in [0, 0.05) is 17.6 Å². The summed E-state index contributed by atoms with van der Waals surface area (Å²) in [5.74, 6) is 0.378. The molecule has 3 rings (SSSR count). The van der Waals surface area contributed by atoms with Gasteiger partial charge < -0.3 is 15.2 Å². The first-order chi connectivity index (χ1) is 14.6. The van der Waals surface area contributed by atoms with Crippen molar-refractivity contribution in [2.45, 2.75) is 25.4 Å². The molecule has 0 aliphatic carbocycles. The largest absolute Gasteiger partial charge is 0.354 e. The minimum atomic E-state index is -0.564. The highest BCUT2D eigenvalue weighted by Gasteiger charge is 2.21. The molecular formula is C22H25BrN4O2S. The molecule has 6 nitrogen and oxygen atoms in total. The van der Waals surface area contributed by atoms with E-state index < -0.39 is 6.04 Å². The van der Waals surface area contributed by atoms with Crippen LogP contribution in [0.1, 0.15) is 23.2 Å². The molecule has 1 heterocycles. The van der Waals surface area contributed by atoms with Crippen LogP contribution in [0.25, 0.3) is 11.0 Å². The van der Waals surface area contributed by atoms with Crippen molar-refractivity contribution in [1.29, 1.82) is 0 Å². The van der Waals surface area contributed by atoms with Gasteiger partial charge in [-0.3, -0.25) is 9.59 Å². The van der Waals surface area contributed by atoms with Crippen molar-refractivity contribution in [1.82, 2.24) is 20.2 Å². The average Bonchev–Trinajstić information content (AvgIpc) is 3.17. The molecule has 2 amide bonds. The Bertz CT molecular complexity index is 1010. The highest BCUT2D eigenvalue weighted by molar-refractivity contribution is 9.10. The van der Waals surface area contributed by atoms with E-state index in [0.717, 1.165) is 29.8 Å². The predicted octanol–water partition coefficient (Wildman–Crippen LogP) is 3.86. The number of hydrogen-bond acceptors (Lipinski definition) is 4. The second kappa shape index (κ2) is 11.2. The summed E-state index contributed by atoms with van der Waals surface area (Å²) in [6.07, 6.45) is 5.17. The lowest BCUT2D eigenvalue weighted by Crippen LogP contribution is -2.47. The number of rotatable bonds is 10. The number of fused-ring (bicyclic) bond motifs is 1. The molecule has 1 unspecified atom stereocenters. The minimum absolute atomic E-state index is 0.153. The zero-order valence-electron chi connectivity index (χ0n) is 16.8. The van der Waals surface area contributed by atoms with Crippen LogP contribution in [-0.2, 0) is 11.3 Å². The topological polar surface area (TPSA) is 76.0 Å². The number of aryl methyl sites for hydroxylation is 1. The number of benzene rings is 2. The van der Waals surface area contributed by atoms with E-state index in [2.05, 4.69) is 36.1 Å². The van der Waals surface area contributed by atoms with Crippen molar-refractivity contribution >= 4 is 50.5 Å². The number of nitrogens with one attached hydrogen (secondary N) is 2. The van der Waals surface area contributed by atoms with Gasteiger partial charge in [0.15, 0.2) is 0 Å². The normalized spacial score (nSPS) is 11.9. The Hall–Kier alpha value is -2.32. The molecular weight excluding hydrogens is 464 g/mol. The van der Waals surface area contributed by atoms with E-state index >= 15 is 0 Å². The van der Waals surface area contributed by atoms with Gasteiger partial charge in [-0.05, 0) is 65.0 Å². The standard InChI is InChI=1S/C22H25BrN4O2S/c1-30-14-11-19(26-21(28)16-7-2-3-8-17(16)23)22(29)24-12-6-13-27-15-25-18-9-4-5-10-20(18)27/h2-5,7-10,15,19H,6,11-14H2,1H3,(H,24,29)(H,26,28). The van der Waals surface area contributed by atoms with E-state index in [9.17, 15) is 9.59 Å². The number of amides is 2. The molecule has 2 N–H and O–H groups in total. The molecule has 1 atom stereocenters. The Morgan fingerprint density at radius 1 is 1.17 bits per heavy atom. The van der Waals surface area contributed by atoms with E-state index in [1.54, 1.807) is 23.9 Å². The zero-order valence-corrected chi connectivity index (χ0v) is 19.2. The van der Waals surface area contributed by atoms with Crippen molar-refractivity contribution < 1.29 is 9.59 Å². The number of carbonyl (C=O) groups excluding carboxylic acids is 2. The van der Waals surface area contributed by atoms with Crippen LogP contribution in [0, 0.1) is 0 Å². The fourth-order valence-electron chi connectivity index (χ4n) is 3.16. The molecule has 2 aromatic carbocycles. The van der Waals surface area contributed by atoms with E-state index in [4.69, 9.17) is 0 Å². The van der Waals surface area contributed by atoms with Crippen LogP contribution in [0.5, 0.6) is 0 Å². The van der Waals surface area contributed by atoms with Crippen LogP contribution in [0.2, 0.25) is 0 Å². The van der Waals surface area contributed by atoms with Gasteiger partial charge in [-0.25, -0.2) is 4.98 Å². The van der Waals surface area contributed by atoms with Crippen LogP contribution < -0.4 is 10.6 Å². The summed E-state index contributed by atoms with van der Waals surface area (Å²) in [5.41, 5.74) is 2.57. The number of nitrogens with zero attached hydrogens (tertiary/aromatic N) is 2. The number of halogens is 1. The van der Waals surface area contributed by atoms with Crippen molar-refractivity contribution in [3.8, 4) is 0 Å². The molecule has 0 aliphatic rings. The number of thioether (sulfide) groups is 1. The van der Waals surface area contributed by atoms with E-state index in [1.165, 1.54) is 0 Å². The molecule has 30 heavy (non-hydrogen) atoms. The van der Waals surface area contributed by atoms with Crippen LogP contribution in [-0.4, -0.2) is 46.0 Å². The first-order valence-corrected chi connectivity index (χ1v) is 12.0. The molecule has 0 saturated carbocycles. The maximum Gasteiger partial charge on any atom is 0.253 e. The van der Waals surface area contributed by atoms with Gasteiger partial charge in [0.1, 0.15) is 6.04 Å². The number of para-hydroxylation sites is 2. The molecule has 0 fully saturated rings. The van der Waals surface area contributed by atoms with Gasteiger partial charge in [-0.2, -0.15) is 11.8 Å². The number of imidazole rings is 1. The fraction of sp³-hybridized carbons (Fsp3) is 0.318. The first kappa shape index (κ1) is 22.4. The van der Waals surface area contributed by atoms with Gasteiger partial charge in [0.2, 0.25) is 5.91 Å². The highest BCUT2D eigenvalue weighted by Crippen LogP contribution is 2.16. The maximum absolute atomic E-state index is 12.7. The summed E-state index contributed by atoms with van der Waals surface area (Å²) < 4.78 is 2.79. The molecule has 0 saturated heterocycles. The molecule has 1 aromatic heterocycles. The molecule has 0 radical (unpaired) electrons. The molecule has 0 aliphatic heterocycles. The summed E-state index contributed by atoms with van der Waals surface area (Å²) in [4.78, 5) is 29.7. The Labute approximate surface area is 189 Å². The van der Waals surface area contributed by atoms with Crippen LogP contribution >= 0.6 is 27.7 Å². The van der Waals surface area contributed by atoms with Crippen molar-refractivity contribution in [3.63, 3.8) is 0 Å². The summed E-state index contributed by atoms with van der Waals surface area (Å²) in [5, 5.41) is 5.84. The average molecular weight is 489 g/mol. The number of carbonyl (C=O) groups is 2. The third-order valence-corrected chi connectivity index (χ3v) is 6.09. The lowest BCUT2D eigenvalue weighted by Gasteiger charge is -2.18. The molecule has 8 heteroatoms. The smallest absolute Gasteiger partial charge is 0.253 e. The SMILES string of the molecule is CSCCC(NC(=O)c1ccccc1Br)C(=O)NCCCn1cnc2ccccc21. The first-order valence-electron chi connectivity index (χ1n) is 9.82. The Morgan fingerprint density at radius 3 is 2.73 bits per heavy atom. The van der Waals surface area contributed by atoms with Crippen LogP contribution in [0.15, 0.2) is 59.3 Å². The zero-order chi connectivity index (χ0) is 21.3. The summed E-state index contributed by atoms with van der Waals surface area (Å²) >= 11 is 5.04. The lowest BCUT2D eigenvalue weighted by atomic mass is 10.1. The van der Waals surface area contributed by atoms with Gasteiger partial charge in [0.25, 0.3) is 5.91 Å². The van der Waals surface area contributed by atoms with Crippen molar-refractivity contribution in [2.75, 3.05) is 18.6 Å².